The monoisotopic (exact) mass is 273 g/mol. The van der Waals surface area contributed by atoms with Crippen LogP contribution in [0, 0.1) is 0 Å². The Bertz CT molecular complexity index is 538. The van der Waals surface area contributed by atoms with Crippen LogP contribution < -0.4 is 0 Å². The molecule has 0 aliphatic rings. The average molecular weight is 273 g/mol. The van der Waals surface area contributed by atoms with Gasteiger partial charge in [-0.1, -0.05) is 26.8 Å². The first kappa shape index (κ1) is 15.0. The molecule has 0 spiro atoms. The van der Waals surface area contributed by atoms with Crippen LogP contribution in [0.3, 0.4) is 0 Å². The first-order valence-corrected chi connectivity index (χ1v) is 7.92. The van der Waals surface area contributed by atoms with Crippen LogP contribution in [0.2, 0.25) is 0 Å². The zero-order chi connectivity index (χ0) is 14.5. The number of nitrogens with one attached hydrogen (secondary N) is 1. The van der Waals surface area contributed by atoms with Gasteiger partial charge < -0.3 is 4.98 Å². The Hall–Kier alpha value is -1.35. The number of hydrogen-bond acceptors (Lipinski definition) is 2. The number of aromatic amines is 1. The molecule has 0 radical (unpaired) electrons. The Morgan fingerprint density at radius 1 is 1.15 bits per heavy atom. The fourth-order valence-corrected chi connectivity index (χ4v) is 2.74. The molecule has 0 amide bonds. The number of hydrogen-bond donors (Lipinski definition) is 1. The van der Waals surface area contributed by atoms with Crippen molar-refractivity contribution in [2.75, 3.05) is 13.1 Å². The summed E-state index contributed by atoms with van der Waals surface area (Å²) in [4.78, 5) is 10.8. The SMILES string of the molecule is CCCN(CCC)C(C)c1nc2ccc(CC)cc2[nH]1. The number of rotatable bonds is 7. The highest BCUT2D eigenvalue weighted by Gasteiger charge is 2.17. The fraction of sp³-hybridized carbons (Fsp3) is 0.588. The van der Waals surface area contributed by atoms with Gasteiger partial charge in [-0.25, -0.2) is 4.98 Å². The number of benzene rings is 1. The lowest BCUT2D eigenvalue weighted by atomic mass is 10.1. The summed E-state index contributed by atoms with van der Waals surface area (Å²) in [5.74, 6) is 1.09. The van der Waals surface area contributed by atoms with E-state index in [9.17, 15) is 0 Å². The number of aromatic nitrogens is 2. The third-order valence-corrected chi connectivity index (χ3v) is 3.94. The third kappa shape index (κ3) is 3.21. The predicted molar refractivity (Wildman–Crippen MR) is 86.0 cm³/mol. The molecule has 0 fully saturated rings. The summed E-state index contributed by atoms with van der Waals surface area (Å²) in [5.41, 5.74) is 3.61. The van der Waals surface area contributed by atoms with Crippen LogP contribution in [0.25, 0.3) is 11.0 Å². The molecule has 0 saturated heterocycles. The van der Waals surface area contributed by atoms with Gasteiger partial charge in [0, 0.05) is 0 Å². The number of nitrogens with zero attached hydrogens (tertiary/aromatic N) is 2. The van der Waals surface area contributed by atoms with Crippen molar-refractivity contribution in [2.24, 2.45) is 0 Å². The largest absolute Gasteiger partial charge is 0.341 e. The van der Waals surface area contributed by atoms with Gasteiger partial charge in [-0.05, 0) is 57.0 Å². The summed E-state index contributed by atoms with van der Waals surface area (Å²) in [6.45, 7) is 11.2. The first-order valence-electron chi connectivity index (χ1n) is 7.92. The molecule has 0 saturated carbocycles. The molecular weight excluding hydrogens is 246 g/mol. The van der Waals surface area contributed by atoms with Crippen molar-refractivity contribution in [1.82, 2.24) is 14.9 Å². The molecule has 2 rings (SSSR count). The average Bonchev–Trinajstić information content (AvgIpc) is 2.89. The maximum atomic E-state index is 4.78. The van der Waals surface area contributed by atoms with E-state index in [2.05, 4.69) is 55.8 Å². The molecule has 2 aromatic rings. The molecule has 3 nitrogen and oxygen atoms in total. The van der Waals surface area contributed by atoms with Crippen LogP contribution >= 0.6 is 0 Å². The molecule has 1 aromatic carbocycles. The highest BCUT2D eigenvalue weighted by Crippen LogP contribution is 2.22. The lowest BCUT2D eigenvalue weighted by Gasteiger charge is -2.26. The Balaban J connectivity index is 2.26. The molecule has 20 heavy (non-hydrogen) atoms. The van der Waals surface area contributed by atoms with Gasteiger partial charge in [0.15, 0.2) is 0 Å². The Morgan fingerprint density at radius 3 is 2.45 bits per heavy atom. The van der Waals surface area contributed by atoms with Gasteiger partial charge in [0.25, 0.3) is 0 Å². The van der Waals surface area contributed by atoms with Crippen LogP contribution in [0.5, 0.6) is 0 Å². The van der Waals surface area contributed by atoms with Gasteiger partial charge >= 0.3 is 0 Å². The zero-order valence-electron chi connectivity index (χ0n) is 13.2. The molecule has 0 aliphatic carbocycles. The van der Waals surface area contributed by atoms with Crippen molar-refractivity contribution in [3.05, 3.63) is 29.6 Å². The van der Waals surface area contributed by atoms with Crippen LogP contribution in [-0.4, -0.2) is 28.0 Å². The second-order valence-electron chi connectivity index (χ2n) is 5.54. The normalized spacial score (nSPS) is 13.2. The number of H-pyrrole nitrogens is 1. The minimum absolute atomic E-state index is 0.354. The lowest BCUT2D eigenvalue weighted by molar-refractivity contribution is 0.205. The first-order chi connectivity index (χ1) is 9.69. The molecule has 1 N–H and O–H groups in total. The summed E-state index contributed by atoms with van der Waals surface area (Å²) < 4.78 is 0. The van der Waals surface area contributed by atoms with Crippen LogP contribution in [-0.2, 0) is 6.42 Å². The summed E-state index contributed by atoms with van der Waals surface area (Å²) in [7, 11) is 0. The van der Waals surface area contributed by atoms with E-state index in [0.717, 1.165) is 30.9 Å². The maximum Gasteiger partial charge on any atom is 0.124 e. The number of fused-ring (bicyclic) bond motifs is 1. The molecule has 1 unspecified atom stereocenters. The molecule has 1 atom stereocenters. The van der Waals surface area contributed by atoms with E-state index in [4.69, 9.17) is 4.98 Å². The third-order valence-electron chi connectivity index (χ3n) is 3.94. The lowest BCUT2D eigenvalue weighted by Crippen LogP contribution is -2.29. The van der Waals surface area contributed by atoms with Crippen molar-refractivity contribution in [3.8, 4) is 0 Å². The van der Waals surface area contributed by atoms with Crippen molar-refractivity contribution < 1.29 is 0 Å². The summed E-state index contributed by atoms with van der Waals surface area (Å²) >= 11 is 0. The second kappa shape index (κ2) is 6.89. The quantitative estimate of drug-likeness (QED) is 0.815. The number of aryl methyl sites for hydroxylation is 1. The Kier molecular flexibility index (Phi) is 5.18. The van der Waals surface area contributed by atoms with Crippen LogP contribution in [0.1, 0.15) is 58.0 Å². The van der Waals surface area contributed by atoms with Crippen molar-refractivity contribution >= 4 is 11.0 Å². The van der Waals surface area contributed by atoms with Gasteiger partial charge in [-0.15, -0.1) is 0 Å². The van der Waals surface area contributed by atoms with Gasteiger partial charge in [0.2, 0.25) is 0 Å². The van der Waals surface area contributed by atoms with Gasteiger partial charge in [0.1, 0.15) is 5.82 Å². The van der Waals surface area contributed by atoms with Crippen LogP contribution in [0.15, 0.2) is 18.2 Å². The highest BCUT2D eigenvalue weighted by molar-refractivity contribution is 5.76. The van der Waals surface area contributed by atoms with Gasteiger partial charge in [0.05, 0.1) is 17.1 Å². The van der Waals surface area contributed by atoms with Crippen molar-refractivity contribution in [2.45, 2.75) is 53.0 Å². The molecular formula is C17H27N3. The van der Waals surface area contributed by atoms with E-state index in [-0.39, 0.29) is 0 Å². The highest BCUT2D eigenvalue weighted by atomic mass is 15.2. The minimum Gasteiger partial charge on any atom is -0.341 e. The smallest absolute Gasteiger partial charge is 0.124 e. The predicted octanol–water partition coefficient (Wildman–Crippen LogP) is 4.31. The van der Waals surface area contributed by atoms with Crippen molar-refractivity contribution in [1.29, 1.82) is 0 Å². The summed E-state index contributed by atoms with van der Waals surface area (Å²) in [5, 5.41) is 0. The van der Waals surface area contributed by atoms with Gasteiger partial charge in [-0.2, -0.15) is 0 Å². The van der Waals surface area contributed by atoms with Gasteiger partial charge in [-0.3, -0.25) is 4.90 Å². The molecule has 3 heteroatoms. The van der Waals surface area contributed by atoms with E-state index < -0.39 is 0 Å². The fourth-order valence-electron chi connectivity index (χ4n) is 2.74. The topological polar surface area (TPSA) is 31.9 Å². The maximum absolute atomic E-state index is 4.78. The molecule has 110 valence electrons. The van der Waals surface area contributed by atoms with E-state index in [1.165, 1.54) is 23.9 Å². The van der Waals surface area contributed by atoms with Crippen LogP contribution in [0.4, 0.5) is 0 Å². The minimum atomic E-state index is 0.354. The molecule has 1 aromatic heterocycles. The number of imidazole rings is 1. The van der Waals surface area contributed by atoms with Crippen molar-refractivity contribution in [3.63, 3.8) is 0 Å². The van der Waals surface area contributed by atoms with E-state index in [1.54, 1.807) is 0 Å². The Morgan fingerprint density at radius 2 is 1.85 bits per heavy atom. The molecule has 1 heterocycles. The van der Waals surface area contributed by atoms with E-state index in [1.807, 2.05) is 0 Å². The zero-order valence-corrected chi connectivity index (χ0v) is 13.2. The molecule has 0 aliphatic heterocycles. The second-order valence-corrected chi connectivity index (χ2v) is 5.54. The molecule has 0 bridgehead atoms. The van der Waals surface area contributed by atoms with E-state index in [0.29, 0.717) is 6.04 Å². The Labute approximate surface area is 122 Å². The summed E-state index contributed by atoms with van der Waals surface area (Å²) in [6.07, 6.45) is 3.44. The summed E-state index contributed by atoms with van der Waals surface area (Å²) in [6, 6.07) is 6.88. The standard InChI is InChI=1S/C17H27N3/c1-5-10-20(11-6-2)13(4)17-18-15-9-8-14(7-3)12-16(15)19-17/h8-9,12-13H,5-7,10-11H2,1-4H3,(H,18,19). The van der Waals surface area contributed by atoms with E-state index >= 15 is 0 Å².